The molecule has 0 spiro atoms. The molecule has 0 aliphatic carbocycles. The van der Waals surface area contributed by atoms with Gasteiger partial charge in [-0.2, -0.15) is 4.31 Å². The molecule has 8 heteroatoms. The Balaban J connectivity index is 1.42. The Labute approximate surface area is 168 Å². The van der Waals surface area contributed by atoms with Crippen molar-refractivity contribution in [1.29, 1.82) is 0 Å². The van der Waals surface area contributed by atoms with Crippen LogP contribution in [0.25, 0.3) is 0 Å². The molecule has 0 saturated heterocycles. The highest BCUT2D eigenvalue weighted by Gasteiger charge is 2.38. The van der Waals surface area contributed by atoms with Crippen LogP contribution in [0.2, 0.25) is 5.02 Å². The lowest BCUT2D eigenvalue weighted by molar-refractivity contribution is -0.139. The van der Waals surface area contributed by atoms with Crippen molar-refractivity contribution in [2.75, 3.05) is 26.2 Å². The van der Waals surface area contributed by atoms with Gasteiger partial charge in [0, 0.05) is 31.2 Å². The van der Waals surface area contributed by atoms with Crippen LogP contribution in [0.1, 0.15) is 11.7 Å². The number of benzene rings is 2. The van der Waals surface area contributed by atoms with Gasteiger partial charge >= 0.3 is 0 Å². The highest BCUT2D eigenvalue weighted by atomic mass is 35.5. The number of nitrogens with zero attached hydrogens (tertiary/aromatic N) is 2. The topological polar surface area (TPSA) is 77.9 Å². The van der Waals surface area contributed by atoms with E-state index < -0.39 is 16.1 Å². The molecular weight excluding hydrogens is 400 g/mol. The Hall–Kier alpha value is -2.19. The Kier molecular flexibility index (Phi) is 5.01. The molecule has 1 atom stereocenters. The first-order valence-electron chi connectivity index (χ1n) is 8.83. The lowest BCUT2D eigenvalue weighted by Gasteiger charge is -2.24. The molecule has 0 aromatic heterocycles. The molecule has 0 unspecified atom stereocenters. The minimum Gasteiger partial charge on any atom is -0.378 e. The van der Waals surface area contributed by atoms with E-state index >= 15 is 0 Å². The largest absolute Gasteiger partial charge is 0.378 e. The highest BCUT2D eigenvalue weighted by Crippen LogP contribution is 2.31. The minimum atomic E-state index is -3.61. The van der Waals surface area contributed by atoms with Gasteiger partial charge in [-0.15, -0.1) is 0 Å². The summed E-state index contributed by atoms with van der Waals surface area (Å²) in [6.07, 6.45) is -1.21. The average molecular weight is 419 g/mol. The van der Waals surface area contributed by atoms with Crippen molar-refractivity contribution in [3.63, 3.8) is 0 Å². The van der Waals surface area contributed by atoms with Crippen LogP contribution in [0.5, 0.6) is 0 Å². The number of sulfonamides is 1. The maximum atomic E-state index is 12.8. The fourth-order valence-electron chi connectivity index (χ4n) is 3.58. The Bertz CT molecular complexity index is 1020. The van der Waals surface area contributed by atoms with E-state index in [0.717, 1.165) is 11.1 Å². The van der Waals surface area contributed by atoms with Gasteiger partial charge in [-0.3, -0.25) is 4.79 Å². The van der Waals surface area contributed by atoms with Crippen molar-refractivity contribution in [2.24, 2.45) is 0 Å². The third-order valence-electron chi connectivity index (χ3n) is 5.11. The zero-order valence-corrected chi connectivity index (χ0v) is 16.5. The van der Waals surface area contributed by atoms with Crippen LogP contribution in [-0.2, 0) is 14.8 Å². The summed E-state index contributed by atoms with van der Waals surface area (Å²) in [6.45, 7) is 1.19. The number of aliphatic hydroxyl groups is 1. The Morgan fingerprint density at radius 3 is 2.07 bits per heavy atom. The summed E-state index contributed by atoms with van der Waals surface area (Å²) in [5.74, 6) is -0.368. The number of hydrogen-bond donors (Lipinski definition) is 1. The molecular formula is C20H19ClN2O4S. The molecule has 2 aliphatic heterocycles. The van der Waals surface area contributed by atoms with Crippen molar-refractivity contribution in [2.45, 2.75) is 11.0 Å². The van der Waals surface area contributed by atoms with Crippen LogP contribution in [0.15, 0.2) is 70.6 Å². The SMILES string of the molecule is O=C([C@H](O)c1ccccc1)N1CC2=C(C1)CN(S(=O)(=O)c1ccc(Cl)cc1)C2. The quantitative estimate of drug-likeness (QED) is 0.772. The standard InChI is InChI=1S/C20H19ClN2O4S/c21-17-6-8-18(9-7-17)28(26,27)23-12-15-10-22(11-16(15)13-23)20(25)19(24)14-4-2-1-3-5-14/h1-9,19,24H,10-13H2/t19-/m1/s1. The van der Waals surface area contributed by atoms with Crippen LogP contribution >= 0.6 is 11.6 Å². The van der Waals surface area contributed by atoms with E-state index in [-0.39, 0.29) is 23.9 Å². The van der Waals surface area contributed by atoms with Crippen molar-refractivity contribution >= 4 is 27.5 Å². The molecule has 6 nitrogen and oxygen atoms in total. The molecule has 28 heavy (non-hydrogen) atoms. The zero-order valence-electron chi connectivity index (χ0n) is 15.0. The van der Waals surface area contributed by atoms with Crippen molar-refractivity contribution < 1.29 is 18.3 Å². The molecule has 0 bridgehead atoms. The van der Waals surface area contributed by atoms with E-state index in [1.54, 1.807) is 41.3 Å². The van der Waals surface area contributed by atoms with Crippen LogP contribution in [0.3, 0.4) is 0 Å². The summed E-state index contributed by atoms with van der Waals surface area (Å²) in [7, 11) is -3.61. The lowest BCUT2D eigenvalue weighted by atomic mass is 10.1. The summed E-state index contributed by atoms with van der Waals surface area (Å²) < 4.78 is 27.1. The molecule has 4 rings (SSSR count). The van der Waals surface area contributed by atoms with E-state index in [2.05, 4.69) is 0 Å². The lowest BCUT2D eigenvalue weighted by Crippen LogP contribution is -2.38. The first kappa shape index (κ1) is 19.1. The third kappa shape index (κ3) is 3.46. The number of hydrogen-bond acceptors (Lipinski definition) is 4. The number of amides is 1. The van der Waals surface area contributed by atoms with E-state index in [9.17, 15) is 18.3 Å². The van der Waals surface area contributed by atoms with Gasteiger partial charge in [0.2, 0.25) is 10.0 Å². The van der Waals surface area contributed by atoms with Crippen molar-refractivity contribution in [3.8, 4) is 0 Å². The van der Waals surface area contributed by atoms with E-state index in [0.29, 0.717) is 23.7 Å². The number of carbonyl (C=O) groups excluding carboxylic acids is 1. The van der Waals surface area contributed by atoms with E-state index in [4.69, 9.17) is 11.6 Å². The smallest absolute Gasteiger partial charge is 0.256 e. The fourth-order valence-corrected chi connectivity index (χ4v) is 5.13. The molecule has 2 aromatic rings. The molecule has 1 N–H and O–H groups in total. The van der Waals surface area contributed by atoms with Gasteiger partial charge in [0.1, 0.15) is 0 Å². The fraction of sp³-hybridized carbons (Fsp3) is 0.250. The Morgan fingerprint density at radius 2 is 1.50 bits per heavy atom. The van der Waals surface area contributed by atoms with Gasteiger partial charge in [-0.25, -0.2) is 8.42 Å². The maximum Gasteiger partial charge on any atom is 0.256 e. The van der Waals surface area contributed by atoms with Gasteiger partial charge in [-0.05, 0) is 41.0 Å². The molecule has 2 heterocycles. The molecule has 146 valence electrons. The number of aliphatic hydroxyl groups excluding tert-OH is 1. The van der Waals surface area contributed by atoms with Gasteiger partial charge in [0.15, 0.2) is 6.10 Å². The third-order valence-corrected chi connectivity index (χ3v) is 7.17. The second-order valence-corrected chi connectivity index (χ2v) is 9.32. The average Bonchev–Trinajstić information content (AvgIpc) is 3.27. The highest BCUT2D eigenvalue weighted by molar-refractivity contribution is 7.89. The van der Waals surface area contributed by atoms with E-state index in [1.165, 1.54) is 16.4 Å². The van der Waals surface area contributed by atoms with Gasteiger partial charge < -0.3 is 10.0 Å². The van der Waals surface area contributed by atoms with Gasteiger partial charge in [0.05, 0.1) is 4.90 Å². The van der Waals surface area contributed by atoms with E-state index in [1.807, 2.05) is 6.07 Å². The molecule has 0 saturated carbocycles. The predicted molar refractivity (Wildman–Crippen MR) is 105 cm³/mol. The zero-order chi connectivity index (χ0) is 19.9. The maximum absolute atomic E-state index is 12.8. The number of halogens is 1. The molecule has 0 fully saturated rings. The number of rotatable bonds is 4. The summed E-state index contributed by atoms with van der Waals surface area (Å²) in [4.78, 5) is 14.4. The molecule has 2 aromatic carbocycles. The number of carbonyl (C=O) groups is 1. The van der Waals surface area contributed by atoms with Crippen LogP contribution in [0, 0.1) is 0 Å². The molecule has 0 radical (unpaired) electrons. The normalized spacial score (nSPS) is 18.4. The Morgan fingerprint density at radius 1 is 0.929 bits per heavy atom. The van der Waals surface area contributed by atoms with Crippen molar-refractivity contribution in [1.82, 2.24) is 9.21 Å². The van der Waals surface area contributed by atoms with Crippen molar-refractivity contribution in [3.05, 3.63) is 76.3 Å². The first-order valence-corrected chi connectivity index (χ1v) is 10.7. The van der Waals surface area contributed by atoms with Crippen LogP contribution < -0.4 is 0 Å². The monoisotopic (exact) mass is 418 g/mol. The summed E-state index contributed by atoms with van der Waals surface area (Å²) in [6, 6.07) is 14.9. The minimum absolute atomic E-state index is 0.200. The van der Waals surface area contributed by atoms with Crippen LogP contribution in [0.4, 0.5) is 0 Å². The molecule has 1 amide bonds. The summed E-state index contributed by atoms with van der Waals surface area (Å²) in [5.41, 5.74) is 2.39. The summed E-state index contributed by atoms with van der Waals surface area (Å²) in [5, 5.41) is 10.8. The summed E-state index contributed by atoms with van der Waals surface area (Å²) >= 11 is 5.84. The van der Waals surface area contributed by atoms with Crippen LogP contribution in [-0.4, -0.2) is 54.8 Å². The second kappa shape index (κ2) is 7.33. The van der Waals surface area contributed by atoms with Gasteiger partial charge in [-0.1, -0.05) is 41.9 Å². The first-order chi connectivity index (χ1) is 13.4. The van der Waals surface area contributed by atoms with Gasteiger partial charge in [0.25, 0.3) is 5.91 Å². The predicted octanol–water partition coefficient (Wildman–Crippen LogP) is 2.22. The second-order valence-electron chi connectivity index (χ2n) is 6.94. The molecule has 2 aliphatic rings.